The van der Waals surface area contributed by atoms with Gasteiger partial charge >= 0.3 is 5.97 Å². The van der Waals surface area contributed by atoms with Crippen molar-refractivity contribution in [2.24, 2.45) is 7.05 Å². The molecule has 1 aromatic carbocycles. The molecule has 1 aromatic heterocycles. The van der Waals surface area contributed by atoms with Crippen molar-refractivity contribution in [3.8, 4) is 17.0 Å². The number of aromatic nitrogens is 2. The highest BCUT2D eigenvalue weighted by molar-refractivity contribution is 9.10. The van der Waals surface area contributed by atoms with E-state index in [0.29, 0.717) is 10.2 Å². The SMILES string of the molecule is COc1ccc(-c2nn(C)c(C(=O)O)c2Br)c(C)c1C. The van der Waals surface area contributed by atoms with Gasteiger partial charge < -0.3 is 9.84 Å². The summed E-state index contributed by atoms with van der Waals surface area (Å²) < 4.78 is 7.13. The van der Waals surface area contributed by atoms with E-state index in [9.17, 15) is 9.90 Å². The van der Waals surface area contributed by atoms with E-state index in [4.69, 9.17) is 4.74 Å². The van der Waals surface area contributed by atoms with Crippen molar-refractivity contribution in [2.45, 2.75) is 13.8 Å². The van der Waals surface area contributed by atoms with Gasteiger partial charge in [-0.05, 0) is 53.0 Å². The van der Waals surface area contributed by atoms with Crippen LogP contribution in [-0.4, -0.2) is 28.0 Å². The molecule has 5 nitrogen and oxygen atoms in total. The summed E-state index contributed by atoms with van der Waals surface area (Å²) in [4.78, 5) is 11.2. The number of carboxylic acids is 1. The van der Waals surface area contributed by atoms with E-state index in [1.54, 1.807) is 14.2 Å². The molecule has 1 heterocycles. The molecule has 0 spiro atoms. The second-order valence-corrected chi connectivity index (χ2v) is 5.30. The number of aromatic carboxylic acids is 1. The van der Waals surface area contributed by atoms with Gasteiger partial charge in [-0.3, -0.25) is 4.68 Å². The Hall–Kier alpha value is -1.82. The molecule has 0 unspecified atom stereocenters. The van der Waals surface area contributed by atoms with Crippen molar-refractivity contribution in [2.75, 3.05) is 7.11 Å². The summed E-state index contributed by atoms with van der Waals surface area (Å²) in [5.74, 6) is -0.210. The predicted octanol–water partition coefficient (Wildman–Crippen LogP) is 3.17. The number of benzene rings is 1. The van der Waals surface area contributed by atoms with E-state index in [0.717, 1.165) is 22.4 Å². The minimum Gasteiger partial charge on any atom is -0.496 e. The first-order valence-electron chi connectivity index (χ1n) is 5.98. The molecule has 0 aliphatic carbocycles. The van der Waals surface area contributed by atoms with E-state index in [1.165, 1.54) is 4.68 Å². The standard InChI is InChI=1S/C14H15BrN2O3/c1-7-8(2)10(20-4)6-5-9(7)12-11(15)13(14(18)19)17(3)16-12/h5-6H,1-4H3,(H,18,19). The molecule has 0 atom stereocenters. The van der Waals surface area contributed by atoms with Crippen LogP contribution in [0.1, 0.15) is 21.6 Å². The van der Waals surface area contributed by atoms with Gasteiger partial charge in [-0.2, -0.15) is 5.10 Å². The number of ether oxygens (including phenoxy) is 1. The zero-order valence-electron chi connectivity index (χ0n) is 11.7. The van der Waals surface area contributed by atoms with Crippen molar-refractivity contribution in [1.29, 1.82) is 0 Å². The lowest BCUT2D eigenvalue weighted by molar-refractivity contribution is 0.0684. The first-order chi connectivity index (χ1) is 9.38. The summed E-state index contributed by atoms with van der Waals surface area (Å²) in [5.41, 5.74) is 3.67. The molecule has 106 valence electrons. The zero-order valence-corrected chi connectivity index (χ0v) is 13.3. The number of methoxy groups -OCH3 is 1. The fourth-order valence-electron chi connectivity index (χ4n) is 2.18. The van der Waals surface area contributed by atoms with Crippen LogP contribution in [0, 0.1) is 13.8 Å². The largest absolute Gasteiger partial charge is 0.496 e. The molecule has 0 aliphatic rings. The average Bonchev–Trinajstić information content (AvgIpc) is 2.68. The lowest BCUT2D eigenvalue weighted by Crippen LogP contribution is -2.05. The molecule has 0 aliphatic heterocycles. The number of hydrogen-bond acceptors (Lipinski definition) is 3. The third-order valence-electron chi connectivity index (χ3n) is 3.40. The molecule has 6 heteroatoms. The Morgan fingerprint density at radius 2 is 2.00 bits per heavy atom. The molecule has 0 saturated carbocycles. The molecule has 0 amide bonds. The van der Waals surface area contributed by atoms with Crippen LogP contribution < -0.4 is 4.74 Å². The van der Waals surface area contributed by atoms with Gasteiger partial charge in [0.05, 0.1) is 11.6 Å². The van der Waals surface area contributed by atoms with Gasteiger partial charge in [0.2, 0.25) is 0 Å². The lowest BCUT2D eigenvalue weighted by atomic mass is 10.00. The number of halogens is 1. The monoisotopic (exact) mass is 338 g/mol. The fourth-order valence-corrected chi connectivity index (χ4v) is 2.90. The van der Waals surface area contributed by atoms with Gasteiger partial charge in [0.25, 0.3) is 0 Å². The highest BCUT2D eigenvalue weighted by Crippen LogP contribution is 2.35. The predicted molar refractivity (Wildman–Crippen MR) is 79.3 cm³/mol. The molecule has 1 N–H and O–H groups in total. The van der Waals surface area contributed by atoms with Crippen LogP contribution in [0.25, 0.3) is 11.3 Å². The number of carbonyl (C=O) groups is 1. The van der Waals surface area contributed by atoms with Gasteiger partial charge in [-0.15, -0.1) is 0 Å². The van der Waals surface area contributed by atoms with Crippen LogP contribution in [0.2, 0.25) is 0 Å². The maximum Gasteiger partial charge on any atom is 0.355 e. The molecular formula is C14H15BrN2O3. The van der Waals surface area contributed by atoms with E-state index >= 15 is 0 Å². The minimum atomic E-state index is -1.01. The van der Waals surface area contributed by atoms with Gasteiger partial charge in [0.15, 0.2) is 5.69 Å². The summed E-state index contributed by atoms with van der Waals surface area (Å²) in [6, 6.07) is 3.75. The second-order valence-electron chi connectivity index (χ2n) is 4.51. The van der Waals surface area contributed by atoms with Crippen LogP contribution in [0.15, 0.2) is 16.6 Å². The maximum absolute atomic E-state index is 11.2. The number of nitrogens with zero attached hydrogens (tertiary/aromatic N) is 2. The Morgan fingerprint density at radius 3 is 2.50 bits per heavy atom. The van der Waals surface area contributed by atoms with Crippen LogP contribution in [0.4, 0.5) is 0 Å². The maximum atomic E-state index is 11.2. The van der Waals surface area contributed by atoms with Crippen LogP contribution >= 0.6 is 15.9 Å². The number of rotatable bonds is 3. The molecule has 0 radical (unpaired) electrons. The molecule has 20 heavy (non-hydrogen) atoms. The van der Waals surface area contributed by atoms with Gasteiger partial charge in [-0.25, -0.2) is 4.79 Å². The zero-order chi connectivity index (χ0) is 15.0. The van der Waals surface area contributed by atoms with Gasteiger partial charge in [-0.1, -0.05) is 0 Å². The Balaban J connectivity index is 2.67. The van der Waals surface area contributed by atoms with Gasteiger partial charge in [0, 0.05) is 12.6 Å². The quantitative estimate of drug-likeness (QED) is 0.933. The third kappa shape index (κ3) is 2.20. The van der Waals surface area contributed by atoms with E-state index in [-0.39, 0.29) is 5.69 Å². The minimum absolute atomic E-state index is 0.132. The number of aryl methyl sites for hydroxylation is 1. The van der Waals surface area contributed by atoms with Crippen LogP contribution in [0.5, 0.6) is 5.75 Å². The van der Waals surface area contributed by atoms with Crippen molar-refractivity contribution < 1.29 is 14.6 Å². The van der Waals surface area contributed by atoms with E-state index < -0.39 is 5.97 Å². The van der Waals surface area contributed by atoms with Crippen molar-refractivity contribution in [1.82, 2.24) is 9.78 Å². The second kappa shape index (κ2) is 5.28. The molecular weight excluding hydrogens is 324 g/mol. The lowest BCUT2D eigenvalue weighted by Gasteiger charge is -2.11. The summed E-state index contributed by atoms with van der Waals surface area (Å²) >= 11 is 3.34. The Labute approximate surface area is 125 Å². The summed E-state index contributed by atoms with van der Waals surface area (Å²) in [6.45, 7) is 3.93. The normalized spacial score (nSPS) is 10.7. The van der Waals surface area contributed by atoms with Crippen molar-refractivity contribution >= 4 is 21.9 Å². The first kappa shape index (κ1) is 14.6. The van der Waals surface area contributed by atoms with Crippen molar-refractivity contribution in [3.05, 3.63) is 33.4 Å². The van der Waals surface area contributed by atoms with Gasteiger partial charge in [0.1, 0.15) is 11.4 Å². The molecule has 0 fully saturated rings. The summed E-state index contributed by atoms with van der Waals surface area (Å²) in [5, 5.41) is 13.5. The third-order valence-corrected chi connectivity index (χ3v) is 4.16. The Bertz CT molecular complexity index is 692. The van der Waals surface area contributed by atoms with E-state index in [2.05, 4.69) is 21.0 Å². The summed E-state index contributed by atoms with van der Waals surface area (Å²) in [6.07, 6.45) is 0. The molecule has 0 saturated heterocycles. The van der Waals surface area contributed by atoms with Crippen LogP contribution in [-0.2, 0) is 7.05 Å². The molecule has 0 bridgehead atoms. The molecule has 2 rings (SSSR count). The molecule has 2 aromatic rings. The van der Waals surface area contributed by atoms with Crippen LogP contribution in [0.3, 0.4) is 0 Å². The smallest absolute Gasteiger partial charge is 0.355 e. The van der Waals surface area contributed by atoms with Crippen molar-refractivity contribution in [3.63, 3.8) is 0 Å². The van der Waals surface area contributed by atoms with E-state index in [1.807, 2.05) is 26.0 Å². The number of hydrogen-bond donors (Lipinski definition) is 1. The topological polar surface area (TPSA) is 64.4 Å². The fraction of sp³-hybridized carbons (Fsp3) is 0.286. The summed E-state index contributed by atoms with van der Waals surface area (Å²) in [7, 11) is 3.24. The Kier molecular flexibility index (Phi) is 3.85. The highest BCUT2D eigenvalue weighted by atomic mass is 79.9. The average molecular weight is 339 g/mol. The number of carboxylic acid groups (broad SMARTS) is 1. The first-order valence-corrected chi connectivity index (χ1v) is 6.78. The Morgan fingerprint density at radius 1 is 1.35 bits per heavy atom. The highest BCUT2D eigenvalue weighted by Gasteiger charge is 2.22.